The van der Waals surface area contributed by atoms with Gasteiger partial charge in [-0.3, -0.25) is 4.21 Å². The third kappa shape index (κ3) is 4.15. The summed E-state index contributed by atoms with van der Waals surface area (Å²) in [4.78, 5) is 15.6. The summed E-state index contributed by atoms with van der Waals surface area (Å²) in [6, 6.07) is 6.74. The zero-order valence-corrected chi connectivity index (χ0v) is 11.8. The molecule has 0 spiro atoms. The summed E-state index contributed by atoms with van der Waals surface area (Å²) in [6.07, 6.45) is -0.754. The number of amides is 2. The highest BCUT2D eigenvalue weighted by atomic mass is 32.2. The van der Waals surface area contributed by atoms with Gasteiger partial charge in [0.1, 0.15) is 0 Å². The van der Waals surface area contributed by atoms with Gasteiger partial charge in [-0.05, 0) is 25.0 Å². The number of alkyl halides is 2. The molecule has 1 unspecified atom stereocenters. The summed E-state index contributed by atoms with van der Waals surface area (Å²) in [6.45, 7) is 0. The fourth-order valence-corrected chi connectivity index (χ4v) is 2.48. The maximum absolute atomic E-state index is 13.0. The molecule has 0 radical (unpaired) electrons. The molecule has 21 heavy (non-hydrogen) atoms. The van der Waals surface area contributed by atoms with E-state index in [9.17, 15) is 22.3 Å². The molecule has 0 heterocycles. The number of hydrogen-bond donors (Lipinski definition) is 0. The van der Waals surface area contributed by atoms with Crippen molar-refractivity contribution in [1.29, 1.82) is 0 Å². The second kappa shape index (κ2) is 6.40. The molecule has 114 valence electrons. The minimum Gasteiger partial charge on any atom is -0.755 e. The molecular formula is C13H13F2N2O3S-. The summed E-state index contributed by atoms with van der Waals surface area (Å²) in [7, 11) is 0. The Labute approximate surface area is 123 Å². The molecule has 1 aromatic rings. The third-order valence-corrected chi connectivity index (χ3v) is 3.79. The normalized spacial score (nSPS) is 18.9. The average Bonchev–Trinajstić information content (AvgIpc) is 2.42. The second-order valence-corrected chi connectivity index (χ2v) is 5.46. The molecule has 8 heteroatoms. The summed E-state index contributed by atoms with van der Waals surface area (Å²) in [5, 5.41) is 0. The molecule has 0 aromatic heterocycles. The molecule has 0 saturated heterocycles. The Bertz CT molecular complexity index is 566. The maximum Gasteiger partial charge on any atom is 0.359 e. The first kappa shape index (κ1) is 15.7. The van der Waals surface area contributed by atoms with Crippen molar-refractivity contribution in [2.75, 3.05) is 4.31 Å². The van der Waals surface area contributed by atoms with Crippen LogP contribution in [-0.4, -0.2) is 26.4 Å². The van der Waals surface area contributed by atoms with E-state index in [0.717, 1.165) is 0 Å². The molecule has 1 saturated carbocycles. The van der Waals surface area contributed by atoms with Crippen molar-refractivity contribution in [2.24, 2.45) is 4.99 Å². The predicted molar refractivity (Wildman–Crippen MR) is 74.1 cm³/mol. The molecule has 0 N–H and O–H groups in total. The number of urea groups is 1. The van der Waals surface area contributed by atoms with E-state index in [0.29, 0.717) is 10.0 Å². The van der Waals surface area contributed by atoms with Crippen LogP contribution in [0.15, 0.2) is 35.3 Å². The van der Waals surface area contributed by atoms with Crippen LogP contribution in [0.5, 0.6) is 0 Å². The Balaban J connectivity index is 2.16. The van der Waals surface area contributed by atoms with Gasteiger partial charge in [0.05, 0.1) is 17.0 Å². The highest BCUT2D eigenvalue weighted by Gasteiger charge is 2.33. The molecule has 1 fully saturated rings. The fourth-order valence-electron chi connectivity index (χ4n) is 2.02. The highest BCUT2D eigenvalue weighted by molar-refractivity contribution is 7.81. The van der Waals surface area contributed by atoms with Crippen LogP contribution in [0.3, 0.4) is 0 Å². The number of aliphatic imine (C=N–C) groups is 1. The maximum atomic E-state index is 13.0. The van der Waals surface area contributed by atoms with E-state index in [4.69, 9.17) is 0 Å². The van der Waals surface area contributed by atoms with Crippen molar-refractivity contribution in [3.05, 3.63) is 30.3 Å². The minimum absolute atomic E-state index is 0.00708. The number of benzene rings is 1. The first-order valence-electron chi connectivity index (χ1n) is 6.32. The van der Waals surface area contributed by atoms with Gasteiger partial charge in [-0.15, -0.1) is 0 Å². The second-order valence-electron chi connectivity index (χ2n) is 4.66. The number of nitrogens with zero attached hydrogens (tertiary/aromatic N) is 2. The van der Waals surface area contributed by atoms with Gasteiger partial charge in [-0.25, -0.2) is 22.9 Å². The first-order chi connectivity index (χ1) is 9.89. The van der Waals surface area contributed by atoms with Crippen LogP contribution >= 0.6 is 0 Å². The van der Waals surface area contributed by atoms with Crippen molar-refractivity contribution in [3.63, 3.8) is 0 Å². The van der Waals surface area contributed by atoms with Crippen LogP contribution in [-0.2, 0) is 11.3 Å². The van der Waals surface area contributed by atoms with Crippen LogP contribution in [0.2, 0.25) is 0 Å². The molecule has 1 atom stereocenters. The SMILES string of the molecule is O=C(N=C1CCC(F)(F)CC1)N(c1ccccc1)S(=O)[O-]. The Kier molecular flexibility index (Phi) is 4.79. The number of rotatable bonds is 2. The predicted octanol–water partition coefficient (Wildman–Crippen LogP) is 3.06. The van der Waals surface area contributed by atoms with Gasteiger partial charge in [-0.2, -0.15) is 0 Å². The first-order valence-corrected chi connectivity index (χ1v) is 7.35. The van der Waals surface area contributed by atoms with E-state index in [1.54, 1.807) is 18.2 Å². The van der Waals surface area contributed by atoms with Gasteiger partial charge in [0.2, 0.25) is 5.92 Å². The zero-order valence-electron chi connectivity index (χ0n) is 11.0. The van der Waals surface area contributed by atoms with Crippen LogP contribution in [0.4, 0.5) is 19.3 Å². The molecule has 0 bridgehead atoms. The third-order valence-electron chi connectivity index (χ3n) is 3.13. The Morgan fingerprint density at radius 1 is 1.24 bits per heavy atom. The monoisotopic (exact) mass is 315 g/mol. The molecule has 5 nitrogen and oxygen atoms in total. The average molecular weight is 315 g/mol. The summed E-state index contributed by atoms with van der Waals surface area (Å²) < 4.78 is 48.9. The highest BCUT2D eigenvalue weighted by Crippen LogP contribution is 2.32. The molecule has 2 rings (SSSR count). The lowest BCUT2D eigenvalue weighted by Gasteiger charge is -2.25. The van der Waals surface area contributed by atoms with Crippen molar-refractivity contribution < 1.29 is 22.3 Å². The lowest BCUT2D eigenvalue weighted by atomic mass is 9.95. The molecule has 0 aliphatic heterocycles. The number of halogens is 2. The van der Waals surface area contributed by atoms with Gasteiger partial charge in [0, 0.05) is 18.6 Å². The molecule has 1 aliphatic rings. The number of para-hydroxylation sites is 1. The van der Waals surface area contributed by atoms with Gasteiger partial charge in [0.15, 0.2) is 0 Å². The largest absolute Gasteiger partial charge is 0.755 e. The van der Waals surface area contributed by atoms with Gasteiger partial charge < -0.3 is 4.55 Å². The smallest absolute Gasteiger partial charge is 0.359 e. The Hall–Kier alpha value is -1.67. The van der Waals surface area contributed by atoms with Crippen LogP contribution in [0.1, 0.15) is 25.7 Å². The van der Waals surface area contributed by atoms with Gasteiger partial charge in [0.25, 0.3) is 0 Å². The van der Waals surface area contributed by atoms with E-state index in [-0.39, 0.29) is 31.4 Å². The van der Waals surface area contributed by atoms with E-state index < -0.39 is 23.2 Å². The fraction of sp³-hybridized carbons (Fsp3) is 0.385. The van der Waals surface area contributed by atoms with E-state index in [1.165, 1.54) is 12.1 Å². The van der Waals surface area contributed by atoms with Crippen LogP contribution in [0.25, 0.3) is 0 Å². The van der Waals surface area contributed by atoms with Crippen LogP contribution < -0.4 is 4.31 Å². The summed E-state index contributed by atoms with van der Waals surface area (Å²) in [5.74, 6) is -2.73. The lowest BCUT2D eigenvalue weighted by Crippen LogP contribution is -2.32. The van der Waals surface area contributed by atoms with E-state index in [2.05, 4.69) is 4.99 Å². The number of hydrogen-bond acceptors (Lipinski definition) is 3. The zero-order chi connectivity index (χ0) is 15.5. The topological polar surface area (TPSA) is 72.8 Å². The van der Waals surface area contributed by atoms with Crippen molar-refractivity contribution in [2.45, 2.75) is 31.6 Å². The standard InChI is InChI=1S/C13H14F2N2O3S/c14-13(15)8-6-10(7-9-13)16-12(18)17(21(19)20)11-4-2-1-3-5-11/h1-5H,6-9H2,(H,19,20)/p-1. The van der Waals surface area contributed by atoms with Crippen molar-refractivity contribution >= 4 is 28.7 Å². The quantitative estimate of drug-likeness (QED) is 0.787. The minimum atomic E-state index is -2.83. The van der Waals surface area contributed by atoms with Crippen molar-refractivity contribution in [1.82, 2.24) is 0 Å². The van der Waals surface area contributed by atoms with Gasteiger partial charge in [-0.1, -0.05) is 18.2 Å². The van der Waals surface area contributed by atoms with Gasteiger partial charge >= 0.3 is 6.03 Å². The summed E-state index contributed by atoms with van der Waals surface area (Å²) >= 11 is -2.83. The molecule has 2 amide bonds. The van der Waals surface area contributed by atoms with Crippen LogP contribution in [0, 0.1) is 0 Å². The number of carbonyl (C=O) groups is 1. The number of carbonyl (C=O) groups excluding carboxylic acids is 1. The summed E-state index contributed by atoms with van der Waals surface area (Å²) in [5.41, 5.74) is 0.457. The lowest BCUT2D eigenvalue weighted by molar-refractivity contribution is -0.0181. The van der Waals surface area contributed by atoms with E-state index >= 15 is 0 Å². The Morgan fingerprint density at radius 3 is 2.33 bits per heavy atom. The molecule has 1 aliphatic carbocycles. The Morgan fingerprint density at radius 2 is 1.81 bits per heavy atom. The van der Waals surface area contributed by atoms with E-state index in [1.807, 2.05) is 0 Å². The molecular weight excluding hydrogens is 302 g/mol. The van der Waals surface area contributed by atoms with Crippen molar-refractivity contribution in [3.8, 4) is 0 Å². The number of anilines is 1. The molecule has 1 aromatic carbocycles.